The van der Waals surface area contributed by atoms with Crippen molar-refractivity contribution in [3.8, 4) is 0 Å². The SMILES string of the molecule is C=Cn1cnc2ccccc21.CC1CO1. The Balaban J connectivity index is 0.000000179. The Bertz CT molecular complexity index is 457. The number of aromatic nitrogens is 2. The average Bonchev–Trinajstić information content (AvgIpc) is 2.95. The Hall–Kier alpha value is -1.61. The Morgan fingerprint density at radius 3 is 2.80 bits per heavy atom. The molecule has 2 aromatic rings. The summed E-state index contributed by atoms with van der Waals surface area (Å²) in [5.74, 6) is 0. The number of hydrogen-bond donors (Lipinski definition) is 0. The van der Waals surface area contributed by atoms with Crippen molar-refractivity contribution >= 4 is 17.2 Å². The zero-order chi connectivity index (χ0) is 10.7. The second-order valence-electron chi connectivity index (χ2n) is 3.47. The molecule has 15 heavy (non-hydrogen) atoms. The van der Waals surface area contributed by atoms with Crippen LogP contribution in [0.5, 0.6) is 0 Å². The lowest BCUT2D eigenvalue weighted by Crippen LogP contribution is -1.79. The number of epoxide rings is 1. The first-order valence-electron chi connectivity index (χ1n) is 4.97. The minimum atomic E-state index is 0.583. The molecule has 1 aromatic carbocycles. The first-order valence-corrected chi connectivity index (χ1v) is 4.97. The normalized spacial score (nSPS) is 18.1. The van der Waals surface area contributed by atoms with Gasteiger partial charge in [-0.2, -0.15) is 0 Å². The number of ether oxygens (including phenoxy) is 1. The first-order chi connectivity index (χ1) is 7.31. The van der Waals surface area contributed by atoms with Crippen LogP contribution in [0.15, 0.2) is 37.2 Å². The van der Waals surface area contributed by atoms with E-state index in [4.69, 9.17) is 4.74 Å². The summed E-state index contributed by atoms with van der Waals surface area (Å²) in [6.07, 6.45) is 4.09. The fraction of sp³-hybridized carbons (Fsp3) is 0.250. The van der Waals surface area contributed by atoms with Gasteiger partial charge >= 0.3 is 0 Å². The molecule has 78 valence electrons. The maximum atomic E-state index is 4.71. The molecular formula is C12H14N2O. The lowest BCUT2D eigenvalue weighted by molar-refractivity contribution is 0.423. The van der Waals surface area contributed by atoms with E-state index in [2.05, 4.69) is 18.5 Å². The Morgan fingerprint density at radius 1 is 1.53 bits per heavy atom. The van der Waals surface area contributed by atoms with E-state index in [9.17, 15) is 0 Å². The van der Waals surface area contributed by atoms with Crippen LogP contribution in [0.3, 0.4) is 0 Å². The zero-order valence-corrected chi connectivity index (χ0v) is 8.76. The van der Waals surface area contributed by atoms with Gasteiger partial charge in [-0.05, 0) is 19.1 Å². The molecule has 0 amide bonds. The van der Waals surface area contributed by atoms with E-state index >= 15 is 0 Å². The quantitative estimate of drug-likeness (QED) is 0.665. The maximum Gasteiger partial charge on any atom is 0.0999 e. The van der Waals surface area contributed by atoms with Crippen molar-refractivity contribution in [3.63, 3.8) is 0 Å². The Morgan fingerprint density at radius 2 is 2.20 bits per heavy atom. The number of rotatable bonds is 1. The third-order valence-electron chi connectivity index (χ3n) is 2.18. The molecule has 0 bridgehead atoms. The van der Waals surface area contributed by atoms with Crippen LogP contribution in [0.2, 0.25) is 0 Å². The summed E-state index contributed by atoms with van der Waals surface area (Å²) in [4.78, 5) is 4.18. The van der Waals surface area contributed by atoms with Gasteiger partial charge in [-0.25, -0.2) is 4.98 Å². The van der Waals surface area contributed by atoms with E-state index in [1.807, 2.05) is 28.8 Å². The summed E-state index contributed by atoms with van der Waals surface area (Å²) in [5, 5.41) is 0. The van der Waals surface area contributed by atoms with Crippen molar-refractivity contribution in [2.45, 2.75) is 13.0 Å². The van der Waals surface area contributed by atoms with Gasteiger partial charge < -0.3 is 9.30 Å². The molecule has 1 unspecified atom stereocenters. The molecule has 1 saturated heterocycles. The summed E-state index contributed by atoms with van der Waals surface area (Å²) >= 11 is 0. The van der Waals surface area contributed by atoms with E-state index in [1.54, 1.807) is 12.5 Å². The number of hydrogen-bond acceptors (Lipinski definition) is 2. The van der Waals surface area contributed by atoms with Crippen LogP contribution in [0.25, 0.3) is 17.2 Å². The number of nitrogens with zero attached hydrogens (tertiary/aromatic N) is 2. The first kappa shape index (κ1) is 9.93. The topological polar surface area (TPSA) is 30.4 Å². The summed E-state index contributed by atoms with van der Waals surface area (Å²) in [6, 6.07) is 7.96. The molecule has 1 aromatic heterocycles. The molecule has 0 radical (unpaired) electrons. The lowest BCUT2D eigenvalue weighted by Gasteiger charge is -1.91. The number of imidazole rings is 1. The van der Waals surface area contributed by atoms with Crippen molar-refractivity contribution in [1.82, 2.24) is 9.55 Å². The molecule has 1 fully saturated rings. The molecule has 2 heterocycles. The van der Waals surface area contributed by atoms with Crippen LogP contribution < -0.4 is 0 Å². The second kappa shape index (κ2) is 4.28. The minimum Gasteiger partial charge on any atom is -0.373 e. The second-order valence-corrected chi connectivity index (χ2v) is 3.47. The molecule has 3 heteroatoms. The molecule has 0 saturated carbocycles. The van der Waals surface area contributed by atoms with Gasteiger partial charge in [0.2, 0.25) is 0 Å². The van der Waals surface area contributed by atoms with Gasteiger partial charge in [-0.1, -0.05) is 18.7 Å². The standard InChI is InChI=1S/C9H8N2.C3H6O/c1-2-11-7-10-8-5-3-4-6-9(8)11;1-3-2-4-3/h2-7H,1H2;3H,2H2,1H3. The van der Waals surface area contributed by atoms with Gasteiger partial charge in [0.15, 0.2) is 0 Å². The van der Waals surface area contributed by atoms with Crippen LogP contribution in [-0.2, 0) is 4.74 Å². The molecule has 0 aliphatic carbocycles. The monoisotopic (exact) mass is 202 g/mol. The lowest BCUT2D eigenvalue weighted by atomic mass is 10.3. The number of para-hydroxylation sites is 2. The van der Waals surface area contributed by atoms with Gasteiger partial charge in [-0.15, -0.1) is 0 Å². The maximum absolute atomic E-state index is 4.71. The highest BCUT2D eigenvalue weighted by molar-refractivity contribution is 5.76. The van der Waals surface area contributed by atoms with E-state index in [0.717, 1.165) is 17.6 Å². The van der Waals surface area contributed by atoms with Gasteiger partial charge in [0.05, 0.1) is 30.1 Å². The molecule has 0 spiro atoms. The number of benzene rings is 1. The highest BCUT2D eigenvalue weighted by Gasteiger charge is 2.13. The van der Waals surface area contributed by atoms with Crippen LogP contribution in [0.1, 0.15) is 6.92 Å². The van der Waals surface area contributed by atoms with Crippen molar-refractivity contribution < 1.29 is 4.74 Å². The molecule has 3 rings (SSSR count). The highest BCUT2D eigenvalue weighted by Crippen LogP contribution is 2.10. The fourth-order valence-electron chi connectivity index (χ4n) is 1.22. The fourth-order valence-corrected chi connectivity index (χ4v) is 1.22. The summed E-state index contributed by atoms with van der Waals surface area (Å²) < 4.78 is 6.61. The van der Waals surface area contributed by atoms with Gasteiger partial charge in [0, 0.05) is 6.20 Å². The molecular weight excluding hydrogens is 188 g/mol. The van der Waals surface area contributed by atoms with E-state index in [1.165, 1.54) is 0 Å². The molecule has 3 nitrogen and oxygen atoms in total. The van der Waals surface area contributed by atoms with Gasteiger partial charge in [0.25, 0.3) is 0 Å². The molecule has 1 atom stereocenters. The summed E-state index contributed by atoms with van der Waals surface area (Å²) in [7, 11) is 0. The third kappa shape index (κ3) is 2.44. The molecule has 1 aliphatic heterocycles. The summed E-state index contributed by atoms with van der Waals surface area (Å²) in [6.45, 7) is 6.72. The molecule has 1 aliphatic rings. The largest absolute Gasteiger partial charge is 0.373 e. The van der Waals surface area contributed by atoms with Crippen LogP contribution in [0, 0.1) is 0 Å². The Kier molecular flexibility index (Phi) is 2.83. The van der Waals surface area contributed by atoms with E-state index < -0.39 is 0 Å². The minimum absolute atomic E-state index is 0.583. The van der Waals surface area contributed by atoms with Gasteiger partial charge in [0.1, 0.15) is 0 Å². The average molecular weight is 202 g/mol. The predicted octanol–water partition coefficient (Wildman–Crippen LogP) is 2.54. The van der Waals surface area contributed by atoms with Crippen LogP contribution in [-0.4, -0.2) is 22.3 Å². The van der Waals surface area contributed by atoms with Crippen LogP contribution >= 0.6 is 0 Å². The van der Waals surface area contributed by atoms with E-state index in [-0.39, 0.29) is 0 Å². The third-order valence-corrected chi connectivity index (χ3v) is 2.18. The Labute approximate surface area is 89.0 Å². The highest BCUT2D eigenvalue weighted by atomic mass is 16.6. The smallest absolute Gasteiger partial charge is 0.0999 e. The van der Waals surface area contributed by atoms with Crippen LogP contribution in [0.4, 0.5) is 0 Å². The van der Waals surface area contributed by atoms with Gasteiger partial charge in [-0.3, -0.25) is 0 Å². The van der Waals surface area contributed by atoms with Crippen molar-refractivity contribution in [2.24, 2.45) is 0 Å². The van der Waals surface area contributed by atoms with E-state index in [0.29, 0.717) is 6.10 Å². The molecule has 0 N–H and O–H groups in total. The van der Waals surface area contributed by atoms with Crippen molar-refractivity contribution in [2.75, 3.05) is 6.61 Å². The predicted molar refractivity (Wildman–Crippen MR) is 61.5 cm³/mol. The number of fused-ring (bicyclic) bond motifs is 1. The van der Waals surface area contributed by atoms with Crippen molar-refractivity contribution in [3.05, 3.63) is 37.2 Å². The zero-order valence-electron chi connectivity index (χ0n) is 8.76. The summed E-state index contributed by atoms with van der Waals surface area (Å²) in [5.41, 5.74) is 2.11. The van der Waals surface area contributed by atoms with Crippen molar-refractivity contribution in [1.29, 1.82) is 0 Å².